The van der Waals surface area contributed by atoms with Gasteiger partial charge in [0.15, 0.2) is 0 Å². The fourth-order valence-electron chi connectivity index (χ4n) is 1.79. The number of ether oxygens (including phenoxy) is 1. The lowest BCUT2D eigenvalue weighted by molar-refractivity contribution is 0.379. The van der Waals surface area contributed by atoms with E-state index in [9.17, 15) is 0 Å². The summed E-state index contributed by atoms with van der Waals surface area (Å²) in [5, 5.41) is 0. The number of hydrogen-bond acceptors (Lipinski definition) is 1. The van der Waals surface area contributed by atoms with Crippen molar-refractivity contribution in [3.63, 3.8) is 0 Å². The van der Waals surface area contributed by atoms with Crippen LogP contribution < -0.4 is 0 Å². The second-order valence-corrected chi connectivity index (χ2v) is 3.68. The minimum Gasteiger partial charge on any atom is -0.370 e. The Kier molecular flexibility index (Phi) is 1.99. The van der Waals surface area contributed by atoms with E-state index in [-0.39, 0.29) is 0 Å². The Hall–Kier alpha value is -0.300. The van der Waals surface area contributed by atoms with Crippen LogP contribution in [0.5, 0.6) is 0 Å². The Morgan fingerprint density at radius 3 is 2.64 bits per heavy atom. The van der Waals surface area contributed by atoms with Gasteiger partial charge in [-0.15, -0.1) is 0 Å². The van der Waals surface area contributed by atoms with Gasteiger partial charge in [-0.1, -0.05) is 11.6 Å². The van der Waals surface area contributed by atoms with Crippen LogP contribution in [-0.4, -0.2) is 12.2 Å². The maximum absolute atomic E-state index is 5.33. The molecule has 0 spiro atoms. The predicted octanol–water partition coefficient (Wildman–Crippen LogP) is 2.66. The van der Waals surface area contributed by atoms with Gasteiger partial charge in [0.2, 0.25) is 0 Å². The molecule has 0 aromatic heterocycles. The monoisotopic (exact) mass is 152 g/mol. The van der Waals surface area contributed by atoms with Crippen LogP contribution in [0.2, 0.25) is 0 Å². The maximum Gasteiger partial charge on any atom is 0.0873 e. The molecule has 2 aliphatic rings. The first-order valence-corrected chi connectivity index (χ1v) is 4.69. The van der Waals surface area contributed by atoms with E-state index in [4.69, 9.17) is 4.74 Å². The van der Waals surface area contributed by atoms with Crippen molar-refractivity contribution >= 4 is 0 Å². The van der Waals surface area contributed by atoms with Gasteiger partial charge in [0.05, 0.1) is 12.2 Å². The lowest BCUT2D eigenvalue weighted by Gasteiger charge is -1.92. The van der Waals surface area contributed by atoms with Crippen molar-refractivity contribution < 1.29 is 4.74 Å². The molecule has 2 rings (SSSR count). The van der Waals surface area contributed by atoms with Crippen molar-refractivity contribution in [1.29, 1.82) is 0 Å². The minimum atomic E-state index is 0.535. The lowest BCUT2D eigenvalue weighted by atomic mass is 10.1. The van der Waals surface area contributed by atoms with Crippen LogP contribution in [0, 0.1) is 0 Å². The van der Waals surface area contributed by atoms with Gasteiger partial charge >= 0.3 is 0 Å². The zero-order chi connectivity index (χ0) is 7.68. The maximum atomic E-state index is 5.33. The zero-order valence-corrected chi connectivity index (χ0v) is 7.18. The molecule has 1 saturated carbocycles. The van der Waals surface area contributed by atoms with Crippen LogP contribution in [0.15, 0.2) is 11.6 Å². The Morgan fingerprint density at radius 1 is 1.45 bits per heavy atom. The Bertz CT molecular complexity index is 164. The van der Waals surface area contributed by atoms with Gasteiger partial charge in [-0.2, -0.15) is 0 Å². The summed E-state index contributed by atoms with van der Waals surface area (Å²) in [5.41, 5.74) is 1.67. The molecule has 1 nitrogen and oxygen atoms in total. The molecule has 1 aliphatic heterocycles. The summed E-state index contributed by atoms with van der Waals surface area (Å²) in [7, 11) is 0. The predicted molar refractivity (Wildman–Crippen MR) is 45.5 cm³/mol. The van der Waals surface area contributed by atoms with Crippen molar-refractivity contribution in [1.82, 2.24) is 0 Å². The van der Waals surface area contributed by atoms with E-state index in [2.05, 4.69) is 13.0 Å². The standard InChI is InChI=1S/C10H16O/c1-8-10(11-8)7-6-9-4-2-3-5-9/h6,8,10H,2-5,7H2,1H3. The van der Waals surface area contributed by atoms with Gasteiger partial charge in [-0.25, -0.2) is 0 Å². The molecule has 1 saturated heterocycles. The molecule has 62 valence electrons. The average Bonchev–Trinajstić information content (AvgIpc) is 2.55. The van der Waals surface area contributed by atoms with Crippen LogP contribution in [-0.2, 0) is 4.74 Å². The molecule has 1 heterocycles. The third kappa shape index (κ3) is 1.84. The SMILES string of the molecule is CC1OC1CC=C1CCCC1. The zero-order valence-electron chi connectivity index (χ0n) is 7.18. The highest BCUT2D eigenvalue weighted by Crippen LogP contribution is 2.29. The molecule has 1 aliphatic carbocycles. The van der Waals surface area contributed by atoms with Gasteiger partial charge in [0, 0.05) is 0 Å². The fraction of sp³-hybridized carbons (Fsp3) is 0.800. The van der Waals surface area contributed by atoms with Gasteiger partial charge < -0.3 is 4.74 Å². The Balaban J connectivity index is 1.75. The normalized spacial score (nSPS) is 35.9. The van der Waals surface area contributed by atoms with E-state index < -0.39 is 0 Å². The first-order valence-electron chi connectivity index (χ1n) is 4.69. The first-order chi connectivity index (χ1) is 5.36. The van der Waals surface area contributed by atoms with Crippen LogP contribution in [0.4, 0.5) is 0 Å². The lowest BCUT2D eigenvalue weighted by Crippen LogP contribution is -1.86. The molecule has 0 amide bonds. The summed E-state index contributed by atoms with van der Waals surface area (Å²) in [6, 6.07) is 0. The van der Waals surface area contributed by atoms with Crippen LogP contribution in [0.1, 0.15) is 39.0 Å². The molecule has 0 radical (unpaired) electrons. The Labute approximate surface area is 68.4 Å². The first kappa shape index (κ1) is 7.35. The highest BCUT2D eigenvalue weighted by Gasteiger charge is 2.32. The highest BCUT2D eigenvalue weighted by molar-refractivity contribution is 5.07. The topological polar surface area (TPSA) is 12.5 Å². The molecule has 0 aromatic carbocycles. The molecule has 1 heteroatoms. The van der Waals surface area contributed by atoms with E-state index in [1.807, 2.05) is 0 Å². The summed E-state index contributed by atoms with van der Waals surface area (Å²) < 4.78 is 5.33. The van der Waals surface area contributed by atoms with E-state index in [0.29, 0.717) is 12.2 Å². The molecule has 2 atom stereocenters. The number of rotatable bonds is 2. The largest absolute Gasteiger partial charge is 0.370 e. The van der Waals surface area contributed by atoms with Crippen molar-refractivity contribution in [2.75, 3.05) is 0 Å². The van der Waals surface area contributed by atoms with Gasteiger partial charge in [0.1, 0.15) is 0 Å². The summed E-state index contributed by atoms with van der Waals surface area (Å²) >= 11 is 0. The van der Waals surface area contributed by atoms with Gasteiger partial charge in [0.25, 0.3) is 0 Å². The second kappa shape index (κ2) is 2.98. The van der Waals surface area contributed by atoms with Crippen LogP contribution in [0.25, 0.3) is 0 Å². The van der Waals surface area contributed by atoms with E-state index in [1.165, 1.54) is 25.7 Å². The molecule has 0 N–H and O–H groups in total. The van der Waals surface area contributed by atoms with Crippen molar-refractivity contribution in [2.45, 2.75) is 51.2 Å². The van der Waals surface area contributed by atoms with Gasteiger partial charge in [-0.05, 0) is 39.0 Å². The Morgan fingerprint density at radius 2 is 2.09 bits per heavy atom. The molecule has 0 aromatic rings. The second-order valence-electron chi connectivity index (χ2n) is 3.68. The van der Waals surface area contributed by atoms with E-state index in [0.717, 1.165) is 6.42 Å². The summed E-state index contributed by atoms with van der Waals surface area (Å²) in [6.45, 7) is 2.15. The number of allylic oxidation sites excluding steroid dienone is 1. The highest BCUT2D eigenvalue weighted by atomic mass is 16.6. The molecule has 11 heavy (non-hydrogen) atoms. The molecule has 0 bridgehead atoms. The summed E-state index contributed by atoms with van der Waals surface area (Å²) in [4.78, 5) is 0. The molecular formula is C10H16O. The van der Waals surface area contributed by atoms with Gasteiger partial charge in [-0.3, -0.25) is 0 Å². The molecular weight excluding hydrogens is 136 g/mol. The van der Waals surface area contributed by atoms with Crippen molar-refractivity contribution in [3.05, 3.63) is 11.6 Å². The summed E-state index contributed by atoms with van der Waals surface area (Å²) in [6.07, 6.45) is 10.2. The smallest absolute Gasteiger partial charge is 0.0873 e. The average molecular weight is 152 g/mol. The van der Waals surface area contributed by atoms with Crippen LogP contribution in [0.3, 0.4) is 0 Å². The van der Waals surface area contributed by atoms with E-state index in [1.54, 1.807) is 5.57 Å². The molecule has 2 fully saturated rings. The third-order valence-corrected chi connectivity index (χ3v) is 2.72. The number of epoxide rings is 1. The minimum absolute atomic E-state index is 0.535. The molecule has 2 unspecified atom stereocenters. The quantitative estimate of drug-likeness (QED) is 0.438. The third-order valence-electron chi connectivity index (χ3n) is 2.72. The van der Waals surface area contributed by atoms with Crippen LogP contribution >= 0.6 is 0 Å². The summed E-state index contributed by atoms with van der Waals surface area (Å²) in [5.74, 6) is 0. The van der Waals surface area contributed by atoms with Crippen molar-refractivity contribution in [2.24, 2.45) is 0 Å². The van der Waals surface area contributed by atoms with E-state index >= 15 is 0 Å². The van der Waals surface area contributed by atoms with Crippen molar-refractivity contribution in [3.8, 4) is 0 Å². The fourth-order valence-corrected chi connectivity index (χ4v) is 1.79. The number of hydrogen-bond donors (Lipinski definition) is 0.